The molecule has 2 aromatic carbocycles. The van der Waals surface area contributed by atoms with Crippen molar-refractivity contribution in [2.24, 2.45) is 5.14 Å². The average molecular weight is 384 g/mol. The number of anilines is 2. The molecule has 7 nitrogen and oxygen atoms in total. The highest BCUT2D eigenvalue weighted by Crippen LogP contribution is 2.29. The maximum atomic E-state index is 11.3. The van der Waals surface area contributed by atoms with E-state index in [4.69, 9.17) is 9.88 Å². The van der Waals surface area contributed by atoms with Crippen LogP contribution in [0.3, 0.4) is 0 Å². The number of hydrogen-bond acceptors (Lipinski definition) is 6. The van der Waals surface area contributed by atoms with Gasteiger partial charge >= 0.3 is 0 Å². The third kappa shape index (κ3) is 4.01. The van der Waals surface area contributed by atoms with Crippen molar-refractivity contribution < 1.29 is 13.2 Å². The Morgan fingerprint density at radius 1 is 1.07 bits per heavy atom. The summed E-state index contributed by atoms with van der Waals surface area (Å²) in [7, 11) is -3.71. The molecule has 27 heavy (non-hydrogen) atoms. The first kappa shape index (κ1) is 17.7. The number of rotatable bonds is 5. The fraction of sp³-hybridized carbons (Fsp3) is 0.263. The van der Waals surface area contributed by atoms with Crippen molar-refractivity contribution in [2.75, 3.05) is 5.32 Å². The minimum atomic E-state index is -3.71. The van der Waals surface area contributed by atoms with Crippen LogP contribution >= 0.6 is 0 Å². The zero-order valence-electron chi connectivity index (χ0n) is 14.6. The highest BCUT2D eigenvalue weighted by atomic mass is 32.2. The maximum Gasteiger partial charge on any atom is 0.238 e. The lowest BCUT2D eigenvalue weighted by atomic mass is 10.2. The predicted molar refractivity (Wildman–Crippen MR) is 104 cm³/mol. The molecular formula is C19H20N4O3S. The fourth-order valence-electron chi connectivity index (χ4n) is 3.23. The summed E-state index contributed by atoms with van der Waals surface area (Å²) in [5, 5.41) is 9.10. The van der Waals surface area contributed by atoms with Crippen molar-refractivity contribution in [1.82, 2.24) is 9.97 Å². The van der Waals surface area contributed by atoms with Gasteiger partial charge in [-0.15, -0.1) is 0 Å². The molecule has 0 amide bonds. The zero-order chi connectivity index (χ0) is 18.9. The molecular weight excluding hydrogens is 364 g/mol. The number of nitrogens with two attached hydrogens (primary N) is 1. The first-order valence-electron chi connectivity index (χ1n) is 8.81. The Balaban J connectivity index is 1.60. The van der Waals surface area contributed by atoms with E-state index >= 15 is 0 Å². The highest BCUT2D eigenvalue weighted by Gasteiger charge is 2.18. The molecule has 1 fully saturated rings. The van der Waals surface area contributed by atoms with Gasteiger partial charge in [0.25, 0.3) is 0 Å². The number of nitrogens with one attached hydrogen (secondary N) is 1. The summed E-state index contributed by atoms with van der Waals surface area (Å²) in [4.78, 5) is 8.97. The smallest absolute Gasteiger partial charge is 0.238 e. The van der Waals surface area contributed by atoms with E-state index in [1.807, 2.05) is 18.2 Å². The lowest BCUT2D eigenvalue weighted by Crippen LogP contribution is -2.12. The topological polar surface area (TPSA) is 107 Å². The summed E-state index contributed by atoms with van der Waals surface area (Å²) >= 11 is 0. The molecule has 3 aromatic rings. The molecule has 0 bridgehead atoms. The van der Waals surface area contributed by atoms with Gasteiger partial charge in [-0.1, -0.05) is 12.1 Å². The monoisotopic (exact) mass is 384 g/mol. The van der Waals surface area contributed by atoms with E-state index in [-0.39, 0.29) is 11.0 Å². The standard InChI is InChI=1S/C19H20N4O3S/c20-27(24,25)16-10-8-14(9-11-16)22-19-21-12-13-4-3-7-17(18(13)23-19)26-15-5-1-2-6-15/h3-4,7-12,15H,1-2,5-6H2,(H2,20,24,25)(H,21,22,23). The van der Waals surface area contributed by atoms with Crippen molar-refractivity contribution in [3.8, 4) is 5.75 Å². The van der Waals surface area contributed by atoms with E-state index in [1.165, 1.54) is 25.0 Å². The second-order valence-corrected chi connectivity index (χ2v) is 8.17. The Morgan fingerprint density at radius 2 is 1.81 bits per heavy atom. The van der Waals surface area contributed by atoms with Crippen molar-refractivity contribution >= 4 is 32.6 Å². The van der Waals surface area contributed by atoms with Gasteiger partial charge in [-0.3, -0.25) is 0 Å². The molecule has 0 radical (unpaired) electrons. The van der Waals surface area contributed by atoms with Crippen LogP contribution < -0.4 is 15.2 Å². The zero-order valence-corrected chi connectivity index (χ0v) is 15.4. The predicted octanol–water partition coefficient (Wildman–Crippen LogP) is 3.34. The van der Waals surface area contributed by atoms with Gasteiger partial charge in [-0.05, 0) is 56.0 Å². The lowest BCUT2D eigenvalue weighted by molar-refractivity contribution is 0.212. The molecule has 1 aliphatic rings. The van der Waals surface area contributed by atoms with Crippen LogP contribution in [-0.2, 0) is 10.0 Å². The number of benzene rings is 2. The summed E-state index contributed by atoms with van der Waals surface area (Å²) in [5.74, 6) is 1.17. The number of ether oxygens (including phenoxy) is 1. The van der Waals surface area contributed by atoms with Crippen LogP contribution in [0.25, 0.3) is 10.9 Å². The number of hydrogen-bond donors (Lipinski definition) is 2. The molecule has 0 atom stereocenters. The molecule has 1 saturated carbocycles. The molecule has 3 N–H and O–H groups in total. The Kier molecular flexibility index (Phi) is 4.67. The van der Waals surface area contributed by atoms with Gasteiger partial charge in [-0.2, -0.15) is 0 Å². The molecule has 0 unspecified atom stereocenters. The normalized spacial score (nSPS) is 15.1. The summed E-state index contributed by atoms with van der Waals surface area (Å²) in [6.07, 6.45) is 6.53. The summed E-state index contributed by atoms with van der Waals surface area (Å²) in [6.45, 7) is 0. The molecule has 4 rings (SSSR count). The van der Waals surface area contributed by atoms with Gasteiger partial charge in [-0.25, -0.2) is 23.5 Å². The van der Waals surface area contributed by atoms with Gasteiger partial charge in [0.1, 0.15) is 11.3 Å². The Labute approximate surface area is 157 Å². The lowest BCUT2D eigenvalue weighted by Gasteiger charge is -2.15. The first-order chi connectivity index (χ1) is 13.0. The molecule has 140 valence electrons. The SMILES string of the molecule is NS(=O)(=O)c1ccc(Nc2ncc3cccc(OC4CCCC4)c3n2)cc1. The van der Waals surface area contributed by atoms with Gasteiger partial charge < -0.3 is 10.1 Å². The molecule has 0 aliphatic heterocycles. The number of fused-ring (bicyclic) bond motifs is 1. The fourth-order valence-corrected chi connectivity index (χ4v) is 3.74. The van der Waals surface area contributed by atoms with Crippen LogP contribution in [0.1, 0.15) is 25.7 Å². The number of sulfonamides is 1. The van der Waals surface area contributed by atoms with E-state index < -0.39 is 10.0 Å². The number of nitrogens with zero attached hydrogens (tertiary/aromatic N) is 2. The van der Waals surface area contributed by atoms with Gasteiger partial charge in [0.2, 0.25) is 16.0 Å². The largest absolute Gasteiger partial charge is 0.488 e. The van der Waals surface area contributed by atoms with Crippen molar-refractivity contribution in [2.45, 2.75) is 36.7 Å². The van der Waals surface area contributed by atoms with Crippen LogP contribution in [0.4, 0.5) is 11.6 Å². The Hall–Kier alpha value is -2.71. The molecule has 0 spiro atoms. The highest BCUT2D eigenvalue weighted by molar-refractivity contribution is 7.89. The minimum Gasteiger partial charge on any atom is -0.488 e. The Bertz CT molecular complexity index is 1060. The van der Waals surface area contributed by atoms with E-state index in [1.54, 1.807) is 18.3 Å². The third-order valence-corrected chi connectivity index (χ3v) is 5.54. The summed E-state index contributed by atoms with van der Waals surface area (Å²) < 4.78 is 28.8. The van der Waals surface area contributed by atoms with Gasteiger partial charge in [0, 0.05) is 17.3 Å². The van der Waals surface area contributed by atoms with Gasteiger partial charge in [0.15, 0.2) is 0 Å². The summed E-state index contributed by atoms with van der Waals surface area (Å²) in [5.41, 5.74) is 1.42. The van der Waals surface area contributed by atoms with E-state index in [2.05, 4.69) is 15.3 Å². The number of primary sulfonamides is 1. The minimum absolute atomic E-state index is 0.0553. The molecule has 1 heterocycles. The quantitative estimate of drug-likeness (QED) is 0.699. The van der Waals surface area contributed by atoms with Crippen LogP contribution in [0.2, 0.25) is 0 Å². The number of para-hydroxylation sites is 1. The van der Waals surface area contributed by atoms with E-state index in [0.29, 0.717) is 11.6 Å². The molecule has 1 aromatic heterocycles. The third-order valence-electron chi connectivity index (χ3n) is 4.61. The van der Waals surface area contributed by atoms with Crippen LogP contribution in [-0.4, -0.2) is 24.5 Å². The summed E-state index contributed by atoms with van der Waals surface area (Å²) in [6, 6.07) is 11.9. The molecule has 1 aliphatic carbocycles. The van der Waals surface area contributed by atoms with Crippen LogP contribution in [0, 0.1) is 0 Å². The number of aromatic nitrogens is 2. The van der Waals surface area contributed by atoms with Gasteiger partial charge in [0.05, 0.1) is 11.0 Å². The average Bonchev–Trinajstić information content (AvgIpc) is 3.15. The first-order valence-corrected chi connectivity index (χ1v) is 10.4. The Morgan fingerprint density at radius 3 is 2.52 bits per heavy atom. The maximum absolute atomic E-state index is 11.3. The second-order valence-electron chi connectivity index (χ2n) is 6.61. The molecule has 0 saturated heterocycles. The van der Waals surface area contributed by atoms with E-state index in [0.717, 1.165) is 29.5 Å². The van der Waals surface area contributed by atoms with Crippen molar-refractivity contribution in [1.29, 1.82) is 0 Å². The van der Waals surface area contributed by atoms with Crippen LogP contribution in [0.15, 0.2) is 53.6 Å². The van der Waals surface area contributed by atoms with Crippen molar-refractivity contribution in [3.63, 3.8) is 0 Å². The van der Waals surface area contributed by atoms with Crippen molar-refractivity contribution in [3.05, 3.63) is 48.7 Å². The van der Waals surface area contributed by atoms with Crippen LogP contribution in [0.5, 0.6) is 5.75 Å². The second kappa shape index (κ2) is 7.13. The van der Waals surface area contributed by atoms with E-state index in [9.17, 15) is 8.42 Å². The molecule has 8 heteroatoms.